The van der Waals surface area contributed by atoms with Crippen LogP contribution >= 0.6 is 0 Å². The number of aryl methyl sites for hydroxylation is 1. The lowest BCUT2D eigenvalue weighted by molar-refractivity contribution is -0.117. The minimum Gasteiger partial charge on any atom is -0.360 e. The van der Waals surface area contributed by atoms with Gasteiger partial charge in [0.15, 0.2) is 11.6 Å². The van der Waals surface area contributed by atoms with E-state index in [2.05, 4.69) is 25.7 Å². The highest BCUT2D eigenvalue weighted by molar-refractivity contribution is 5.95. The first-order chi connectivity index (χ1) is 14.1. The van der Waals surface area contributed by atoms with Crippen LogP contribution < -0.4 is 5.32 Å². The Balaban J connectivity index is 1.31. The van der Waals surface area contributed by atoms with E-state index in [1.807, 2.05) is 23.1 Å². The molecule has 2 N–H and O–H groups in total. The van der Waals surface area contributed by atoms with Crippen molar-refractivity contribution in [3.8, 4) is 11.4 Å². The van der Waals surface area contributed by atoms with Crippen molar-refractivity contribution >= 4 is 17.6 Å². The van der Waals surface area contributed by atoms with Crippen molar-refractivity contribution in [2.45, 2.75) is 6.92 Å². The maximum absolute atomic E-state index is 12.9. The Morgan fingerprint density at radius 3 is 2.72 bits per heavy atom. The first-order valence-electron chi connectivity index (χ1n) is 9.29. The molecular weight excluding hydrogens is 374 g/mol. The third-order valence-corrected chi connectivity index (χ3v) is 4.72. The van der Waals surface area contributed by atoms with Gasteiger partial charge in [-0.15, -0.1) is 0 Å². The predicted molar refractivity (Wildman–Crippen MR) is 104 cm³/mol. The van der Waals surface area contributed by atoms with E-state index >= 15 is 0 Å². The number of aromatic amines is 1. The van der Waals surface area contributed by atoms with Crippen LogP contribution in [0.2, 0.25) is 0 Å². The minimum absolute atomic E-state index is 0.0338. The number of hydrogen-bond acceptors (Lipinski definition) is 7. The number of nitrogens with zero attached hydrogens (tertiary/aromatic N) is 5. The van der Waals surface area contributed by atoms with Crippen molar-refractivity contribution in [1.29, 1.82) is 0 Å². The summed E-state index contributed by atoms with van der Waals surface area (Å²) < 4.78 is 4.94. The Morgan fingerprint density at radius 1 is 1.21 bits per heavy atom. The van der Waals surface area contributed by atoms with Gasteiger partial charge < -0.3 is 14.7 Å². The van der Waals surface area contributed by atoms with Gasteiger partial charge >= 0.3 is 0 Å². The second-order valence-electron chi connectivity index (χ2n) is 6.85. The Morgan fingerprint density at radius 2 is 2.03 bits per heavy atom. The van der Waals surface area contributed by atoms with E-state index in [1.165, 1.54) is 6.33 Å². The molecule has 0 spiro atoms. The fourth-order valence-corrected chi connectivity index (χ4v) is 3.25. The summed E-state index contributed by atoms with van der Waals surface area (Å²) in [6, 6.07) is 8.98. The standard InChI is InChI=1S/C19H21N7O3/c1-13-9-16(24-29-13)22-17(27)11-25-5-7-26(8-6-25)19(28)15-4-2-3-14(10-15)18-20-12-21-23-18/h2-4,9-10,12H,5-8,11H2,1H3,(H,20,21,23)(H,22,24,27). The second-order valence-corrected chi connectivity index (χ2v) is 6.85. The number of nitrogens with one attached hydrogen (secondary N) is 2. The molecule has 10 nitrogen and oxygen atoms in total. The molecule has 4 rings (SSSR count). The van der Waals surface area contributed by atoms with Gasteiger partial charge in [-0.25, -0.2) is 4.98 Å². The monoisotopic (exact) mass is 395 g/mol. The number of hydrogen-bond donors (Lipinski definition) is 2. The molecule has 150 valence electrons. The molecule has 1 fully saturated rings. The van der Waals surface area contributed by atoms with Crippen LogP contribution in [0.3, 0.4) is 0 Å². The molecular formula is C19H21N7O3. The van der Waals surface area contributed by atoms with Gasteiger partial charge in [0.25, 0.3) is 5.91 Å². The Kier molecular flexibility index (Phi) is 5.34. The maximum atomic E-state index is 12.9. The second kappa shape index (κ2) is 8.23. The number of piperazine rings is 1. The van der Waals surface area contributed by atoms with E-state index in [9.17, 15) is 9.59 Å². The number of amides is 2. The Hall–Kier alpha value is -3.53. The van der Waals surface area contributed by atoms with Crippen LogP contribution in [-0.2, 0) is 4.79 Å². The molecule has 0 unspecified atom stereocenters. The van der Waals surface area contributed by atoms with Gasteiger partial charge in [0.1, 0.15) is 12.1 Å². The highest BCUT2D eigenvalue weighted by atomic mass is 16.5. The first-order valence-corrected chi connectivity index (χ1v) is 9.29. The van der Waals surface area contributed by atoms with Crippen molar-refractivity contribution in [2.75, 3.05) is 38.0 Å². The summed E-state index contributed by atoms with van der Waals surface area (Å²) in [4.78, 5) is 32.9. The predicted octanol–water partition coefficient (Wildman–Crippen LogP) is 1.16. The van der Waals surface area contributed by atoms with Gasteiger partial charge in [0.05, 0.1) is 6.54 Å². The fourth-order valence-electron chi connectivity index (χ4n) is 3.25. The molecule has 0 radical (unpaired) electrons. The number of benzene rings is 1. The molecule has 0 atom stereocenters. The van der Waals surface area contributed by atoms with E-state index in [1.54, 1.807) is 24.0 Å². The fraction of sp³-hybridized carbons (Fsp3) is 0.316. The number of anilines is 1. The maximum Gasteiger partial charge on any atom is 0.253 e. The lowest BCUT2D eigenvalue weighted by Crippen LogP contribution is -2.50. The van der Waals surface area contributed by atoms with E-state index in [4.69, 9.17) is 4.52 Å². The van der Waals surface area contributed by atoms with Crippen LogP contribution in [0.1, 0.15) is 16.1 Å². The van der Waals surface area contributed by atoms with Crippen molar-refractivity contribution in [3.63, 3.8) is 0 Å². The smallest absolute Gasteiger partial charge is 0.253 e. The van der Waals surface area contributed by atoms with Crippen LogP contribution in [0.4, 0.5) is 5.82 Å². The van der Waals surface area contributed by atoms with Gasteiger partial charge in [0.2, 0.25) is 5.91 Å². The van der Waals surface area contributed by atoms with E-state index in [-0.39, 0.29) is 18.4 Å². The summed E-state index contributed by atoms with van der Waals surface area (Å²) in [6.45, 7) is 4.37. The van der Waals surface area contributed by atoms with Crippen LogP contribution in [0.5, 0.6) is 0 Å². The molecule has 1 saturated heterocycles. The van der Waals surface area contributed by atoms with Crippen LogP contribution in [0.15, 0.2) is 41.2 Å². The summed E-state index contributed by atoms with van der Waals surface area (Å²) in [5, 5.41) is 13.1. The largest absolute Gasteiger partial charge is 0.360 e. The van der Waals surface area contributed by atoms with Crippen LogP contribution in [-0.4, -0.2) is 74.7 Å². The molecule has 3 aromatic rings. The minimum atomic E-state index is -0.155. The molecule has 1 aliphatic rings. The van der Waals surface area contributed by atoms with Gasteiger partial charge in [-0.1, -0.05) is 17.3 Å². The molecule has 2 amide bonds. The number of rotatable bonds is 5. The number of carbonyl (C=O) groups is 2. The molecule has 1 aromatic carbocycles. The third-order valence-electron chi connectivity index (χ3n) is 4.72. The molecule has 0 aliphatic carbocycles. The highest BCUT2D eigenvalue weighted by Crippen LogP contribution is 2.17. The first kappa shape index (κ1) is 18.8. The van der Waals surface area contributed by atoms with Crippen molar-refractivity contribution in [3.05, 3.63) is 48.0 Å². The highest BCUT2D eigenvalue weighted by Gasteiger charge is 2.24. The molecule has 2 aromatic heterocycles. The van der Waals surface area contributed by atoms with Gasteiger partial charge in [-0.2, -0.15) is 5.10 Å². The Bertz CT molecular complexity index is 991. The molecule has 3 heterocycles. The summed E-state index contributed by atoms with van der Waals surface area (Å²) >= 11 is 0. The van der Waals surface area contributed by atoms with Crippen molar-refractivity contribution in [2.24, 2.45) is 0 Å². The quantitative estimate of drug-likeness (QED) is 0.665. The topological polar surface area (TPSA) is 120 Å². The number of H-pyrrole nitrogens is 1. The zero-order valence-electron chi connectivity index (χ0n) is 16.0. The normalized spacial score (nSPS) is 14.7. The number of carbonyl (C=O) groups excluding carboxylic acids is 2. The van der Waals surface area contributed by atoms with E-state index < -0.39 is 0 Å². The summed E-state index contributed by atoms with van der Waals surface area (Å²) in [5.41, 5.74) is 1.42. The molecule has 0 saturated carbocycles. The van der Waals surface area contributed by atoms with Gasteiger partial charge in [0, 0.05) is 43.4 Å². The zero-order valence-corrected chi connectivity index (χ0v) is 16.0. The average molecular weight is 395 g/mol. The third kappa shape index (κ3) is 4.49. The van der Waals surface area contributed by atoms with Crippen LogP contribution in [0.25, 0.3) is 11.4 Å². The van der Waals surface area contributed by atoms with Crippen molar-refractivity contribution in [1.82, 2.24) is 30.1 Å². The number of aromatic nitrogens is 4. The molecule has 0 bridgehead atoms. The summed E-state index contributed by atoms with van der Waals surface area (Å²) in [6.07, 6.45) is 1.43. The summed E-state index contributed by atoms with van der Waals surface area (Å²) in [7, 11) is 0. The van der Waals surface area contributed by atoms with Gasteiger partial charge in [-0.3, -0.25) is 19.6 Å². The van der Waals surface area contributed by atoms with Crippen molar-refractivity contribution < 1.29 is 14.1 Å². The van der Waals surface area contributed by atoms with Gasteiger partial charge in [-0.05, 0) is 19.1 Å². The molecule has 1 aliphatic heterocycles. The van der Waals surface area contributed by atoms with Crippen LogP contribution in [0, 0.1) is 6.92 Å². The van der Waals surface area contributed by atoms with E-state index in [0.29, 0.717) is 49.1 Å². The summed E-state index contributed by atoms with van der Waals surface area (Å²) in [5.74, 6) is 1.48. The lowest BCUT2D eigenvalue weighted by atomic mass is 10.1. The molecule has 29 heavy (non-hydrogen) atoms. The Labute approximate surface area is 166 Å². The zero-order chi connectivity index (χ0) is 20.2. The lowest BCUT2D eigenvalue weighted by Gasteiger charge is -2.34. The average Bonchev–Trinajstić information content (AvgIpc) is 3.40. The SMILES string of the molecule is Cc1cc(NC(=O)CN2CCN(C(=O)c3cccc(-c4ncn[nH]4)c3)CC2)no1. The van der Waals surface area contributed by atoms with E-state index in [0.717, 1.165) is 5.56 Å². The molecule has 10 heteroatoms.